The number of esters is 1. The van der Waals surface area contributed by atoms with Gasteiger partial charge in [-0.3, -0.25) is 9.69 Å². The predicted octanol–water partition coefficient (Wildman–Crippen LogP) is -0.114. The van der Waals surface area contributed by atoms with Gasteiger partial charge in [0.05, 0.1) is 6.61 Å². The van der Waals surface area contributed by atoms with E-state index in [0.29, 0.717) is 38.8 Å². The normalized spacial score (nSPS) is 26.9. The molecule has 0 aromatic carbocycles. The first-order valence-corrected chi connectivity index (χ1v) is 8.10. The lowest BCUT2D eigenvalue weighted by atomic mass is 10.0. The summed E-state index contributed by atoms with van der Waals surface area (Å²) in [7, 11) is 0. The van der Waals surface area contributed by atoms with Gasteiger partial charge in [-0.2, -0.15) is 0 Å². The molecule has 0 bridgehead atoms. The number of rotatable bonds is 4. The van der Waals surface area contributed by atoms with Gasteiger partial charge in [-0.05, 0) is 32.6 Å². The van der Waals surface area contributed by atoms with Crippen LogP contribution >= 0.6 is 0 Å². The highest BCUT2D eigenvalue weighted by atomic mass is 16.6. The fraction of sp³-hybridized carbons (Fsp3) is 0.800. The Morgan fingerprint density at radius 1 is 1.35 bits per heavy atom. The molecule has 2 aliphatic heterocycles. The van der Waals surface area contributed by atoms with Gasteiger partial charge in [0.25, 0.3) is 5.91 Å². The van der Waals surface area contributed by atoms with Gasteiger partial charge in [-0.15, -0.1) is 0 Å². The second-order valence-corrected chi connectivity index (χ2v) is 6.31. The summed E-state index contributed by atoms with van der Waals surface area (Å²) in [6.45, 7) is 2.91. The molecule has 128 valence electrons. The summed E-state index contributed by atoms with van der Waals surface area (Å²) >= 11 is 0. The first-order chi connectivity index (χ1) is 11.0. The van der Waals surface area contributed by atoms with Crippen molar-refractivity contribution >= 4 is 18.0 Å². The standard InChI is InChI=1S/C15H22N2O6/c1-2-22-12(18)11-9-23-14(20)17(11)10-3-7-16(8-4-10)13(19)15(21)5-6-15/h10-11,21H,2-9H2,1H3/t11-/m0/s1. The second-order valence-electron chi connectivity index (χ2n) is 6.31. The quantitative estimate of drug-likeness (QED) is 0.724. The van der Waals surface area contributed by atoms with Gasteiger partial charge in [0, 0.05) is 19.1 Å². The van der Waals surface area contributed by atoms with E-state index in [4.69, 9.17) is 9.47 Å². The highest BCUT2D eigenvalue weighted by Crippen LogP contribution is 2.37. The van der Waals surface area contributed by atoms with E-state index in [9.17, 15) is 19.5 Å². The third kappa shape index (κ3) is 2.99. The van der Waals surface area contributed by atoms with Crippen LogP contribution in [0.25, 0.3) is 0 Å². The number of ether oxygens (including phenoxy) is 2. The maximum absolute atomic E-state index is 12.1. The van der Waals surface area contributed by atoms with Gasteiger partial charge in [0.15, 0.2) is 6.04 Å². The van der Waals surface area contributed by atoms with Gasteiger partial charge in [0.2, 0.25) is 0 Å². The number of carbonyl (C=O) groups is 3. The molecule has 23 heavy (non-hydrogen) atoms. The van der Waals surface area contributed by atoms with E-state index >= 15 is 0 Å². The Morgan fingerprint density at radius 2 is 2.00 bits per heavy atom. The number of hydrogen-bond acceptors (Lipinski definition) is 6. The van der Waals surface area contributed by atoms with Crippen LogP contribution in [-0.4, -0.2) is 76.9 Å². The van der Waals surface area contributed by atoms with E-state index in [-0.39, 0.29) is 25.2 Å². The second kappa shape index (κ2) is 5.99. The molecular formula is C15H22N2O6. The van der Waals surface area contributed by atoms with E-state index in [1.807, 2.05) is 0 Å². The lowest BCUT2D eigenvalue weighted by Gasteiger charge is -2.37. The monoisotopic (exact) mass is 326 g/mol. The van der Waals surface area contributed by atoms with Gasteiger partial charge in [-0.25, -0.2) is 9.59 Å². The van der Waals surface area contributed by atoms with Crippen molar-refractivity contribution in [3.8, 4) is 0 Å². The van der Waals surface area contributed by atoms with E-state index in [1.165, 1.54) is 4.90 Å². The summed E-state index contributed by atoms with van der Waals surface area (Å²) in [4.78, 5) is 39.1. The zero-order chi connectivity index (χ0) is 16.6. The Bertz CT molecular complexity index is 510. The molecule has 1 N–H and O–H groups in total. The maximum Gasteiger partial charge on any atom is 0.410 e. The average Bonchev–Trinajstić information content (AvgIpc) is 3.18. The number of hydrogen-bond donors (Lipinski definition) is 1. The molecular weight excluding hydrogens is 304 g/mol. The zero-order valence-corrected chi connectivity index (χ0v) is 13.2. The molecule has 8 heteroatoms. The van der Waals surface area contributed by atoms with Crippen molar-refractivity contribution < 1.29 is 29.0 Å². The molecule has 0 spiro atoms. The van der Waals surface area contributed by atoms with E-state index in [2.05, 4.69) is 0 Å². The van der Waals surface area contributed by atoms with Crippen molar-refractivity contribution in [2.75, 3.05) is 26.3 Å². The highest BCUT2D eigenvalue weighted by Gasteiger charge is 2.51. The van der Waals surface area contributed by atoms with Gasteiger partial charge < -0.3 is 19.5 Å². The summed E-state index contributed by atoms with van der Waals surface area (Å²) in [5.41, 5.74) is -1.16. The molecule has 3 aliphatic rings. The van der Waals surface area contributed by atoms with Gasteiger partial charge in [-0.1, -0.05) is 0 Å². The Morgan fingerprint density at radius 3 is 2.57 bits per heavy atom. The molecule has 0 aromatic heterocycles. The van der Waals surface area contributed by atoms with Crippen molar-refractivity contribution in [2.24, 2.45) is 0 Å². The Balaban J connectivity index is 1.60. The number of aliphatic hydroxyl groups is 1. The van der Waals surface area contributed by atoms with Crippen LogP contribution in [0.15, 0.2) is 0 Å². The van der Waals surface area contributed by atoms with Gasteiger partial charge in [0.1, 0.15) is 12.2 Å². The smallest absolute Gasteiger partial charge is 0.410 e. The van der Waals surface area contributed by atoms with Crippen LogP contribution in [0, 0.1) is 0 Å². The van der Waals surface area contributed by atoms with Crippen molar-refractivity contribution in [2.45, 2.75) is 50.3 Å². The largest absolute Gasteiger partial charge is 0.464 e. The zero-order valence-electron chi connectivity index (χ0n) is 13.2. The molecule has 0 unspecified atom stereocenters. The molecule has 2 heterocycles. The molecule has 8 nitrogen and oxygen atoms in total. The summed E-state index contributed by atoms with van der Waals surface area (Å²) in [5.74, 6) is -0.675. The Labute approximate surface area is 134 Å². The summed E-state index contributed by atoms with van der Waals surface area (Å²) in [6.07, 6.45) is 1.66. The number of carbonyl (C=O) groups excluding carboxylic acids is 3. The van der Waals surface area contributed by atoms with E-state index in [0.717, 1.165) is 0 Å². The molecule has 3 rings (SSSR count). The van der Waals surface area contributed by atoms with Crippen molar-refractivity contribution in [3.63, 3.8) is 0 Å². The van der Waals surface area contributed by atoms with Gasteiger partial charge >= 0.3 is 12.1 Å². The summed E-state index contributed by atoms with van der Waals surface area (Å²) in [6, 6.07) is -0.861. The van der Waals surface area contributed by atoms with E-state index in [1.54, 1.807) is 11.8 Å². The van der Waals surface area contributed by atoms with Crippen molar-refractivity contribution in [1.82, 2.24) is 9.80 Å². The molecule has 1 atom stereocenters. The lowest BCUT2D eigenvalue weighted by Crippen LogP contribution is -2.53. The fourth-order valence-corrected chi connectivity index (χ4v) is 3.23. The Kier molecular flexibility index (Phi) is 4.18. The van der Waals surface area contributed by atoms with Crippen LogP contribution in [0.2, 0.25) is 0 Å². The first kappa shape index (κ1) is 16.0. The first-order valence-electron chi connectivity index (χ1n) is 8.10. The summed E-state index contributed by atoms with van der Waals surface area (Å²) < 4.78 is 10.0. The van der Waals surface area contributed by atoms with Crippen molar-refractivity contribution in [3.05, 3.63) is 0 Å². The topological polar surface area (TPSA) is 96.4 Å². The summed E-state index contributed by atoms with van der Waals surface area (Å²) in [5, 5.41) is 9.91. The van der Waals surface area contributed by atoms with Crippen LogP contribution in [0.4, 0.5) is 4.79 Å². The van der Waals surface area contributed by atoms with E-state index < -0.39 is 23.7 Å². The van der Waals surface area contributed by atoms with Crippen molar-refractivity contribution in [1.29, 1.82) is 0 Å². The minimum absolute atomic E-state index is 0.0105. The maximum atomic E-state index is 12.1. The van der Waals surface area contributed by atoms with Crippen LogP contribution in [-0.2, 0) is 19.1 Å². The molecule has 0 radical (unpaired) electrons. The fourth-order valence-electron chi connectivity index (χ4n) is 3.23. The molecule has 2 saturated heterocycles. The number of amides is 2. The Hall–Kier alpha value is -1.83. The minimum atomic E-state index is -1.16. The van der Waals surface area contributed by atoms with Crippen LogP contribution in [0.3, 0.4) is 0 Å². The van der Waals surface area contributed by atoms with Crippen LogP contribution in [0.1, 0.15) is 32.6 Å². The molecule has 1 saturated carbocycles. The third-order valence-corrected chi connectivity index (χ3v) is 4.74. The molecule has 2 amide bonds. The molecule has 1 aliphatic carbocycles. The third-order valence-electron chi connectivity index (χ3n) is 4.74. The SMILES string of the molecule is CCOC(=O)[C@@H]1COC(=O)N1C1CCN(C(=O)C2(O)CC2)CC1. The minimum Gasteiger partial charge on any atom is -0.464 e. The average molecular weight is 326 g/mol. The molecule has 0 aromatic rings. The molecule has 3 fully saturated rings. The highest BCUT2D eigenvalue weighted by molar-refractivity contribution is 5.88. The number of cyclic esters (lactones) is 1. The van der Waals surface area contributed by atoms with Crippen LogP contribution < -0.4 is 0 Å². The number of likely N-dealkylation sites (tertiary alicyclic amines) is 1. The lowest BCUT2D eigenvalue weighted by molar-refractivity contribution is -0.149. The number of piperidine rings is 1. The predicted molar refractivity (Wildman–Crippen MR) is 77.4 cm³/mol. The number of nitrogens with zero attached hydrogens (tertiary/aromatic N) is 2. The van der Waals surface area contributed by atoms with Crippen LogP contribution in [0.5, 0.6) is 0 Å².